The number of aliphatic carboxylic acids is 1. The minimum Gasteiger partial charge on any atom is -0.480 e. The van der Waals surface area contributed by atoms with Crippen LogP contribution in [-0.4, -0.2) is 26.3 Å². The number of thioether (sulfide) groups is 1. The Bertz CT molecular complexity index is 582. The van der Waals surface area contributed by atoms with Gasteiger partial charge in [-0.3, -0.25) is 4.79 Å². The van der Waals surface area contributed by atoms with Crippen LogP contribution in [0.25, 0.3) is 11.0 Å². The molecule has 2 aromatic rings. The summed E-state index contributed by atoms with van der Waals surface area (Å²) in [4.78, 5) is 18.6. The second-order valence-electron chi connectivity index (χ2n) is 4.32. The van der Waals surface area contributed by atoms with Crippen LogP contribution in [0, 0.1) is 5.92 Å². The Morgan fingerprint density at radius 2 is 2.22 bits per heavy atom. The lowest BCUT2D eigenvalue weighted by Crippen LogP contribution is -2.22. The lowest BCUT2D eigenvalue weighted by atomic mass is 10.1. The fourth-order valence-electron chi connectivity index (χ4n) is 1.61. The zero-order chi connectivity index (χ0) is 13.3. The summed E-state index contributed by atoms with van der Waals surface area (Å²) < 4.78 is 0. The molecule has 1 unspecified atom stereocenters. The Morgan fingerprint density at radius 1 is 1.50 bits per heavy atom. The quantitative estimate of drug-likeness (QED) is 0.844. The van der Waals surface area contributed by atoms with Crippen molar-refractivity contribution in [1.82, 2.24) is 9.97 Å². The smallest absolute Gasteiger partial charge is 0.317 e. The van der Waals surface area contributed by atoms with Crippen LogP contribution in [0.5, 0.6) is 0 Å². The molecule has 2 rings (SSSR count). The van der Waals surface area contributed by atoms with E-state index in [1.54, 1.807) is 12.1 Å². The Balaban J connectivity index is 2.28. The number of fused-ring (bicyclic) bond motifs is 1. The van der Waals surface area contributed by atoms with Gasteiger partial charge in [0.1, 0.15) is 5.25 Å². The van der Waals surface area contributed by atoms with Crippen LogP contribution in [0.3, 0.4) is 0 Å². The van der Waals surface area contributed by atoms with Gasteiger partial charge in [0, 0.05) is 5.02 Å². The van der Waals surface area contributed by atoms with Crippen LogP contribution in [0.4, 0.5) is 0 Å². The van der Waals surface area contributed by atoms with Crippen molar-refractivity contribution in [2.24, 2.45) is 5.92 Å². The second-order valence-corrected chi connectivity index (χ2v) is 5.89. The minimum atomic E-state index is -0.825. The molecule has 0 radical (unpaired) electrons. The van der Waals surface area contributed by atoms with E-state index in [9.17, 15) is 4.79 Å². The van der Waals surface area contributed by atoms with Gasteiger partial charge in [0.05, 0.1) is 11.0 Å². The molecule has 4 nitrogen and oxygen atoms in total. The summed E-state index contributed by atoms with van der Waals surface area (Å²) in [6.45, 7) is 3.76. The van der Waals surface area contributed by atoms with Crippen LogP contribution in [0.1, 0.15) is 13.8 Å². The van der Waals surface area contributed by atoms with Gasteiger partial charge in [-0.15, -0.1) is 0 Å². The first kappa shape index (κ1) is 13.2. The number of halogens is 1. The van der Waals surface area contributed by atoms with Crippen LogP contribution in [0.15, 0.2) is 23.4 Å². The number of nitrogens with zero attached hydrogens (tertiary/aromatic N) is 1. The monoisotopic (exact) mass is 284 g/mol. The van der Waals surface area contributed by atoms with Crippen LogP contribution in [-0.2, 0) is 4.79 Å². The lowest BCUT2D eigenvalue weighted by Gasteiger charge is -2.13. The molecule has 0 spiro atoms. The zero-order valence-electron chi connectivity index (χ0n) is 9.98. The Morgan fingerprint density at radius 3 is 2.83 bits per heavy atom. The van der Waals surface area contributed by atoms with Crippen molar-refractivity contribution in [3.8, 4) is 0 Å². The van der Waals surface area contributed by atoms with Crippen LogP contribution in [0.2, 0.25) is 5.02 Å². The highest BCUT2D eigenvalue weighted by Gasteiger charge is 2.24. The van der Waals surface area contributed by atoms with Crippen molar-refractivity contribution >= 4 is 40.4 Å². The minimum absolute atomic E-state index is 0.0318. The largest absolute Gasteiger partial charge is 0.480 e. The van der Waals surface area contributed by atoms with Gasteiger partial charge >= 0.3 is 5.97 Å². The van der Waals surface area contributed by atoms with Gasteiger partial charge in [-0.1, -0.05) is 37.2 Å². The molecule has 0 amide bonds. The molecular formula is C12H13ClN2O2S. The number of H-pyrrole nitrogens is 1. The molecule has 1 heterocycles. The molecule has 1 aromatic carbocycles. The van der Waals surface area contributed by atoms with E-state index in [0.29, 0.717) is 10.2 Å². The third-order valence-corrected chi connectivity index (χ3v) is 4.16. The van der Waals surface area contributed by atoms with E-state index in [-0.39, 0.29) is 5.92 Å². The number of nitrogens with one attached hydrogen (secondary N) is 1. The second kappa shape index (κ2) is 5.20. The van der Waals surface area contributed by atoms with Crippen molar-refractivity contribution < 1.29 is 9.90 Å². The topological polar surface area (TPSA) is 66.0 Å². The molecule has 1 atom stereocenters. The lowest BCUT2D eigenvalue weighted by molar-refractivity contribution is -0.137. The van der Waals surface area contributed by atoms with Gasteiger partial charge < -0.3 is 10.1 Å². The van der Waals surface area contributed by atoms with Crippen molar-refractivity contribution in [2.75, 3.05) is 0 Å². The summed E-state index contributed by atoms with van der Waals surface area (Å²) in [6, 6.07) is 5.35. The summed E-state index contributed by atoms with van der Waals surface area (Å²) in [7, 11) is 0. The Kier molecular flexibility index (Phi) is 3.82. The number of hydrogen-bond acceptors (Lipinski definition) is 3. The first-order valence-corrected chi connectivity index (χ1v) is 6.78. The molecule has 0 saturated heterocycles. The molecule has 6 heteroatoms. The number of imidazole rings is 1. The zero-order valence-corrected chi connectivity index (χ0v) is 11.5. The molecule has 18 heavy (non-hydrogen) atoms. The van der Waals surface area contributed by atoms with E-state index >= 15 is 0 Å². The third kappa shape index (κ3) is 2.79. The molecule has 96 valence electrons. The molecule has 0 saturated carbocycles. The molecule has 0 aliphatic rings. The van der Waals surface area contributed by atoms with Gasteiger partial charge in [0.2, 0.25) is 0 Å². The van der Waals surface area contributed by atoms with Gasteiger partial charge in [-0.2, -0.15) is 0 Å². The molecule has 2 N–H and O–H groups in total. The summed E-state index contributed by atoms with van der Waals surface area (Å²) in [5, 5.41) is 9.86. The number of carboxylic acid groups (broad SMARTS) is 1. The number of hydrogen-bond donors (Lipinski definition) is 2. The van der Waals surface area contributed by atoms with E-state index < -0.39 is 11.2 Å². The predicted octanol–water partition coefficient (Wildman–Crippen LogP) is 3.42. The fourth-order valence-corrected chi connectivity index (χ4v) is 2.71. The van der Waals surface area contributed by atoms with Crippen molar-refractivity contribution in [1.29, 1.82) is 0 Å². The first-order chi connectivity index (χ1) is 8.47. The highest BCUT2D eigenvalue weighted by Crippen LogP contribution is 2.28. The Labute approximate surface area is 114 Å². The molecule has 0 bridgehead atoms. The third-order valence-electron chi connectivity index (χ3n) is 2.51. The van der Waals surface area contributed by atoms with Gasteiger partial charge in [0.15, 0.2) is 5.16 Å². The average Bonchev–Trinajstić information content (AvgIpc) is 2.66. The molecule has 1 aromatic heterocycles. The van der Waals surface area contributed by atoms with E-state index in [4.69, 9.17) is 16.7 Å². The standard InChI is InChI=1S/C12H13ClN2O2S/c1-6(2)10(11(16)17)18-12-14-8-4-3-7(13)5-9(8)15-12/h3-6,10H,1-2H3,(H,14,15)(H,16,17). The first-order valence-electron chi connectivity index (χ1n) is 5.52. The highest BCUT2D eigenvalue weighted by atomic mass is 35.5. The highest BCUT2D eigenvalue weighted by molar-refractivity contribution is 8.00. The van der Waals surface area contributed by atoms with Gasteiger partial charge in [-0.25, -0.2) is 4.98 Å². The van der Waals surface area contributed by atoms with E-state index in [2.05, 4.69) is 9.97 Å². The molecule has 0 aliphatic heterocycles. The van der Waals surface area contributed by atoms with E-state index in [1.165, 1.54) is 11.8 Å². The fraction of sp³-hybridized carbons (Fsp3) is 0.333. The normalized spacial score (nSPS) is 13.1. The summed E-state index contributed by atoms with van der Waals surface area (Å²) >= 11 is 7.11. The van der Waals surface area contributed by atoms with Crippen molar-refractivity contribution in [3.05, 3.63) is 23.2 Å². The summed E-state index contributed by atoms with van der Waals surface area (Å²) in [5.74, 6) is -0.794. The maximum atomic E-state index is 11.1. The van der Waals surface area contributed by atoms with Crippen molar-refractivity contribution in [2.45, 2.75) is 24.3 Å². The number of aromatic amines is 1. The van der Waals surface area contributed by atoms with Gasteiger partial charge in [0.25, 0.3) is 0 Å². The molecule has 0 fully saturated rings. The number of carbonyl (C=O) groups is 1. The van der Waals surface area contributed by atoms with E-state index in [0.717, 1.165) is 11.0 Å². The number of benzene rings is 1. The SMILES string of the molecule is CC(C)C(Sc1nc2ccc(Cl)cc2[nH]1)C(=O)O. The van der Waals surface area contributed by atoms with E-state index in [1.807, 2.05) is 19.9 Å². The number of carboxylic acids is 1. The van der Waals surface area contributed by atoms with Gasteiger partial charge in [-0.05, 0) is 24.1 Å². The van der Waals surface area contributed by atoms with Crippen LogP contribution < -0.4 is 0 Å². The number of rotatable bonds is 4. The summed E-state index contributed by atoms with van der Waals surface area (Å²) in [5.41, 5.74) is 1.60. The number of aromatic nitrogens is 2. The van der Waals surface area contributed by atoms with Crippen molar-refractivity contribution in [3.63, 3.8) is 0 Å². The average molecular weight is 285 g/mol. The Hall–Kier alpha value is -1.20. The van der Waals surface area contributed by atoms with Crippen LogP contribution >= 0.6 is 23.4 Å². The maximum absolute atomic E-state index is 11.1. The molecule has 0 aliphatic carbocycles. The maximum Gasteiger partial charge on any atom is 0.317 e. The predicted molar refractivity (Wildman–Crippen MR) is 73.2 cm³/mol. The molecular weight excluding hydrogens is 272 g/mol. The summed E-state index contributed by atoms with van der Waals surface area (Å²) in [6.07, 6.45) is 0.